The fourth-order valence-corrected chi connectivity index (χ4v) is 1.15. The van der Waals surface area contributed by atoms with Crippen LogP contribution in [0.25, 0.3) is 5.65 Å². The largest absolute Gasteiger partial charge is 0.465 e. The zero-order chi connectivity index (χ0) is 9.26. The maximum Gasteiger partial charge on any atom is 0.340 e. The number of esters is 1. The Kier molecular flexibility index (Phi) is 1.73. The van der Waals surface area contributed by atoms with Crippen LogP contribution in [0.3, 0.4) is 0 Å². The van der Waals surface area contributed by atoms with E-state index in [-0.39, 0.29) is 5.97 Å². The monoisotopic (exact) mass is 176 g/mol. The Bertz CT molecular complexity index is 448. The molecule has 0 N–H and O–H groups in total. The van der Waals surface area contributed by atoms with Crippen molar-refractivity contribution in [3.8, 4) is 0 Å². The highest BCUT2D eigenvalue weighted by Gasteiger charge is 2.05. The molecule has 2 rings (SSSR count). The SMILES string of the molecule is COC(=O)c1cnc2cccn2c1. The van der Waals surface area contributed by atoms with Gasteiger partial charge in [-0.05, 0) is 12.1 Å². The van der Waals surface area contributed by atoms with Gasteiger partial charge in [0.2, 0.25) is 0 Å². The van der Waals surface area contributed by atoms with Crippen LogP contribution < -0.4 is 0 Å². The Morgan fingerprint density at radius 1 is 1.62 bits per heavy atom. The van der Waals surface area contributed by atoms with Gasteiger partial charge in [-0.2, -0.15) is 0 Å². The first-order chi connectivity index (χ1) is 6.31. The minimum Gasteiger partial charge on any atom is -0.465 e. The lowest BCUT2D eigenvalue weighted by molar-refractivity contribution is 0.0599. The maximum absolute atomic E-state index is 11.1. The van der Waals surface area contributed by atoms with Crippen LogP contribution in [0, 0.1) is 0 Å². The van der Waals surface area contributed by atoms with Gasteiger partial charge >= 0.3 is 5.97 Å². The Labute approximate surface area is 74.8 Å². The van der Waals surface area contributed by atoms with Gasteiger partial charge in [-0.3, -0.25) is 0 Å². The summed E-state index contributed by atoms with van der Waals surface area (Å²) in [7, 11) is 1.35. The van der Waals surface area contributed by atoms with Gasteiger partial charge in [0.25, 0.3) is 0 Å². The van der Waals surface area contributed by atoms with Crippen LogP contribution in [0.5, 0.6) is 0 Å². The molecule has 66 valence electrons. The molecule has 0 radical (unpaired) electrons. The Balaban J connectivity index is 2.54. The molecule has 0 bridgehead atoms. The molecule has 0 aliphatic rings. The topological polar surface area (TPSA) is 43.6 Å². The predicted molar refractivity (Wildman–Crippen MR) is 46.5 cm³/mol. The summed E-state index contributed by atoms with van der Waals surface area (Å²) in [5.41, 5.74) is 1.26. The van der Waals surface area contributed by atoms with Gasteiger partial charge in [-0.1, -0.05) is 0 Å². The van der Waals surface area contributed by atoms with Gasteiger partial charge in [-0.25, -0.2) is 9.78 Å². The Morgan fingerprint density at radius 3 is 3.23 bits per heavy atom. The molecule has 0 spiro atoms. The molecular formula is C9H8N2O2. The highest BCUT2D eigenvalue weighted by molar-refractivity contribution is 5.88. The molecule has 4 heteroatoms. The van der Waals surface area contributed by atoms with Crippen molar-refractivity contribution in [1.82, 2.24) is 9.38 Å². The molecular weight excluding hydrogens is 168 g/mol. The summed E-state index contributed by atoms with van der Waals surface area (Å²) in [5, 5.41) is 0. The first-order valence-electron chi connectivity index (χ1n) is 3.82. The van der Waals surface area contributed by atoms with Crippen LogP contribution in [0.4, 0.5) is 0 Å². The fraction of sp³-hybridized carbons (Fsp3) is 0.111. The van der Waals surface area contributed by atoms with Gasteiger partial charge in [0.15, 0.2) is 0 Å². The molecule has 0 atom stereocenters. The molecule has 0 unspecified atom stereocenters. The number of aromatic nitrogens is 2. The molecule has 0 aromatic carbocycles. The molecule has 0 aliphatic carbocycles. The summed E-state index contributed by atoms with van der Waals surface area (Å²) in [5.74, 6) is -0.372. The van der Waals surface area contributed by atoms with Crippen molar-refractivity contribution >= 4 is 11.6 Å². The van der Waals surface area contributed by atoms with Crippen molar-refractivity contribution < 1.29 is 9.53 Å². The first-order valence-corrected chi connectivity index (χ1v) is 3.82. The molecule has 0 fully saturated rings. The van der Waals surface area contributed by atoms with E-state index in [9.17, 15) is 4.79 Å². The summed E-state index contributed by atoms with van der Waals surface area (Å²) in [6.07, 6.45) is 5.02. The summed E-state index contributed by atoms with van der Waals surface area (Å²) in [6, 6.07) is 3.73. The van der Waals surface area contributed by atoms with E-state index >= 15 is 0 Å². The van der Waals surface area contributed by atoms with Crippen molar-refractivity contribution in [3.63, 3.8) is 0 Å². The van der Waals surface area contributed by atoms with E-state index in [1.165, 1.54) is 13.3 Å². The second-order valence-electron chi connectivity index (χ2n) is 2.61. The first kappa shape index (κ1) is 7.79. The van der Waals surface area contributed by atoms with E-state index in [0.29, 0.717) is 5.56 Å². The molecule has 2 heterocycles. The van der Waals surface area contributed by atoms with Crippen molar-refractivity contribution in [2.75, 3.05) is 7.11 Å². The van der Waals surface area contributed by atoms with Crippen molar-refractivity contribution in [2.24, 2.45) is 0 Å². The van der Waals surface area contributed by atoms with Crippen LogP contribution in [0.15, 0.2) is 30.7 Å². The van der Waals surface area contributed by atoms with Gasteiger partial charge < -0.3 is 9.14 Å². The van der Waals surface area contributed by atoms with Crippen LogP contribution in [-0.2, 0) is 4.74 Å². The van der Waals surface area contributed by atoms with E-state index in [0.717, 1.165) is 5.65 Å². The van der Waals surface area contributed by atoms with Gasteiger partial charge in [-0.15, -0.1) is 0 Å². The lowest BCUT2D eigenvalue weighted by Gasteiger charge is -1.99. The molecule has 0 saturated carbocycles. The second kappa shape index (κ2) is 2.90. The summed E-state index contributed by atoms with van der Waals surface area (Å²) in [6.45, 7) is 0. The average Bonchev–Trinajstić information content (AvgIpc) is 2.63. The zero-order valence-electron chi connectivity index (χ0n) is 7.10. The van der Waals surface area contributed by atoms with E-state index in [2.05, 4.69) is 9.72 Å². The minimum absolute atomic E-state index is 0.372. The third kappa shape index (κ3) is 1.26. The van der Waals surface area contributed by atoms with E-state index in [1.54, 1.807) is 10.6 Å². The molecule has 0 amide bonds. The fourth-order valence-electron chi connectivity index (χ4n) is 1.15. The number of hydrogen-bond acceptors (Lipinski definition) is 3. The van der Waals surface area contributed by atoms with Gasteiger partial charge in [0, 0.05) is 18.6 Å². The number of nitrogens with zero attached hydrogens (tertiary/aromatic N) is 2. The minimum atomic E-state index is -0.372. The van der Waals surface area contributed by atoms with Gasteiger partial charge in [0.05, 0.1) is 12.7 Å². The van der Waals surface area contributed by atoms with Crippen molar-refractivity contribution in [2.45, 2.75) is 0 Å². The smallest absolute Gasteiger partial charge is 0.340 e. The average molecular weight is 176 g/mol. The molecule has 2 aromatic rings. The number of ether oxygens (including phenoxy) is 1. The number of carbonyl (C=O) groups excluding carboxylic acids is 1. The number of fused-ring (bicyclic) bond motifs is 1. The lowest BCUT2D eigenvalue weighted by atomic mass is 10.3. The lowest BCUT2D eigenvalue weighted by Crippen LogP contribution is -2.03. The highest BCUT2D eigenvalue weighted by Crippen LogP contribution is 2.04. The van der Waals surface area contributed by atoms with Crippen LogP contribution in [0.2, 0.25) is 0 Å². The maximum atomic E-state index is 11.1. The number of methoxy groups -OCH3 is 1. The van der Waals surface area contributed by atoms with Crippen LogP contribution in [-0.4, -0.2) is 22.5 Å². The zero-order valence-corrected chi connectivity index (χ0v) is 7.10. The Morgan fingerprint density at radius 2 is 2.46 bits per heavy atom. The highest BCUT2D eigenvalue weighted by atomic mass is 16.5. The third-order valence-electron chi connectivity index (χ3n) is 1.79. The predicted octanol–water partition coefficient (Wildman–Crippen LogP) is 1.12. The summed E-state index contributed by atoms with van der Waals surface area (Å²) < 4.78 is 6.34. The van der Waals surface area contributed by atoms with E-state index < -0.39 is 0 Å². The third-order valence-corrected chi connectivity index (χ3v) is 1.79. The number of hydrogen-bond donors (Lipinski definition) is 0. The standard InChI is InChI=1S/C9H8N2O2/c1-13-9(12)7-5-10-8-3-2-4-11(8)6-7/h2-6H,1H3. The Hall–Kier alpha value is -1.84. The van der Waals surface area contributed by atoms with E-state index in [4.69, 9.17) is 0 Å². The molecule has 0 aliphatic heterocycles. The quantitative estimate of drug-likeness (QED) is 0.611. The summed E-state index contributed by atoms with van der Waals surface area (Å²) in [4.78, 5) is 15.2. The summed E-state index contributed by atoms with van der Waals surface area (Å²) >= 11 is 0. The molecule has 2 aromatic heterocycles. The second-order valence-corrected chi connectivity index (χ2v) is 2.61. The van der Waals surface area contributed by atoms with Crippen molar-refractivity contribution in [1.29, 1.82) is 0 Å². The number of rotatable bonds is 1. The number of carbonyl (C=O) groups is 1. The van der Waals surface area contributed by atoms with E-state index in [1.807, 2.05) is 18.3 Å². The molecule has 13 heavy (non-hydrogen) atoms. The normalized spacial score (nSPS) is 10.2. The van der Waals surface area contributed by atoms with Crippen molar-refractivity contribution in [3.05, 3.63) is 36.3 Å². The molecule has 4 nitrogen and oxygen atoms in total. The van der Waals surface area contributed by atoms with Crippen LogP contribution >= 0.6 is 0 Å². The van der Waals surface area contributed by atoms with Gasteiger partial charge in [0.1, 0.15) is 5.65 Å². The van der Waals surface area contributed by atoms with Crippen LogP contribution in [0.1, 0.15) is 10.4 Å². The molecule has 0 saturated heterocycles.